The zero-order valence-corrected chi connectivity index (χ0v) is 11.2. The van der Waals surface area contributed by atoms with Gasteiger partial charge in [0.15, 0.2) is 0 Å². The molecule has 1 fully saturated rings. The standard InChI is InChI=1S/C16H23NO/c1-11-5-2-8-13(11)16(18)14-9-3-6-12-7-4-10-17-15(12)14/h4,7,10-11,13-14,16,18H,2-3,5-6,8-9H2,1H3. The van der Waals surface area contributed by atoms with Gasteiger partial charge in [-0.2, -0.15) is 0 Å². The summed E-state index contributed by atoms with van der Waals surface area (Å²) in [5.41, 5.74) is 2.54. The topological polar surface area (TPSA) is 33.1 Å². The van der Waals surface area contributed by atoms with Crippen molar-refractivity contribution in [2.24, 2.45) is 11.8 Å². The van der Waals surface area contributed by atoms with Crippen LogP contribution in [0.3, 0.4) is 0 Å². The van der Waals surface area contributed by atoms with Crippen LogP contribution in [0.4, 0.5) is 0 Å². The van der Waals surface area contributed by atoms with E-state index in [9.17, 15) is 5.11 Å². The van der Waals surface area contributed by atoms with Gasteiger partial charge in [-0.05, 0) is 49.1 Å². The maximum Gasteiger partial charge on any atom is 0.0654 e. The van der Waals surface area contributed by atoms with Gasteiger partial charge in [-0.3, -0.25) is 4.98 Å². The van der Waals surface area contributed by atoms with Crippen molar-refractivity contribution in [3.63, 3.8) is 0 Å². The van der Waals surface area contributed by atoms with E-state index in [0.717, 1.165) is 12.8 Å². The highest BCUT2D eigenvalue weighted by atomic mass is 16.3. The lowest BCUT2D eigenvalue weighted by molar-refractivity contribution is 0.0572. The molecule has 0 spiro atoms. The number of aromatic nitrogens is 1. The van der Waals surface area contributed by atoms with E-state index in [1.54, 1.807) is 0 Å². The maximum absolute atomic E-state index is 10.8. The minimum Gasteiger partial charge on any atom is -0.392 e. The Morgan fingerprint density at radius 2 is 2.17 bits per heavy atom. The van der Waals surface area contributed by atoms with Crippen molar-refractivity contribution >= 4 is 0 Å². The van der Waals surface area contributed by atoms with Crippen LogP contribution in [-0.4, -0.2) is 16.2 Å². The predicted octanol–water partition coefficient (Wildman–Crippen LogP) is 3.30. The molecule has 1 aromatic heterocycles. The van der Waals surface area contributed by atoms with E-state index in [-0.39, 0.29) is 12.0 Å². The first-order valence-electron chi connectivity index (χ1n) is 7.39. The smallest absolute Gasteiger partial charge is 0.0654 e. The van der Waals surface area contributed by atoms with Gasteiger partial charge in [-0.15, -0.1) is 0 Å². The third-order valence-corrected chi connectivity index (χ3v) is 5.02. The molecule has 4 unspecified atom stereocenters. The number of fused-ring (bicyclic) bond motifs is 1. The molecule has 4 atom stereocenters. The highest BCUT2D eigenvalue weighted by Gasteiger charge is 2.37. The molecule has 1 saturated carbocycles. The van der Waals surface area contributed by atoms with Crippen molar-refractivity contribution in [1.82, 2.24) is 4.98 Å². The summed E-state index contributed by atoms with van der Waals surface area (Å²) >= 11 is 0. The molecule has 0 radical (unpaired) electrons. The first kappa shape index (κ1) is 12.2. The Labute approximate surface area is 109 Å². The fourth-order valence-electron chi connectivity index (χ4n) is 3.96. The van der Waals surface area contributed by atoms with Crippen molar-refractivity contribution in [3.8, 4) is 0 Å². The van der Waals surface area contributed by atoms with E-state index in [1.165, 1.54) is 36.9 Å². The van der Waals surface area contributed by atoms with E-state index in [0.29, 0.717) is 11.8 Å². The average Bonchev–Trinajstić information content (AvgIpc) is 2.83. The normalized spacial score (nSPS) is 33.1. The highest BCUT2D eigenvalue weighted by Crippen LogP contribution is 2.42. The number of aliphatic hydroxyl groups is 1. The molecule has 2 heteroatoms. The zero-order valence-electron chi connectivity index (χ0n) is 11.2. The SMILES string of the molecule is CC1CCCC1C(O)C1CCCc2cccnc21. The van der Waals surface area contributed by atoms with Gasteiger partial charge >= 0.3 is 0 Å². The van der Waals surface area contributed by atoms with Crippen LogP contribution in [0.5, 0.6) is 0 Å². The number of pyridine rings is 1. The molecular formula is C16H23NO. The van der Waals surface area contributed by atoms with Crippen molar-refractivity contribution in [2.45, 2.75) is 57.5 Å². The minimum atomic E-state index is -0.184. The fourth-order valence-corrected chi connectivity index (χ4v) is 3.96. The number of rotatable bonds is 2. The summed E-state index contributed by atoms with van der Waals surface area (Å²) in [6.07, 6.45) is 8.89. The van der Waals surface area contributed by atoms with Crippen molar-refractivity contribution in [1.29, 1.82) is 0 Å². The molecule has 0 aliphatic heterocycles. The van der Waals surface area contributed by atoms with Gasteiger partial charge < -0.3 is 5.11 Å². The predicted molar refractivity (Wildman–Crippen MR) is 72.4 cm³/mol. The lowest BCUT2D eigenvalue weighted by Crippen LogP contribution is -2.32. The first-order chi connectivity index (χ1) is 8.77. The molecular weight excluding hydrogens is 222 g/mol. The first-order valence-corrected chi connectivity index (χ1v) is 7.39. The molecule has 98 valence electrons. The van der Waals surface area contributed by atoms with E-state index in [2.05, 4.69) is 18.0 Å². The number of hydrogen-bond acceptors (Lipinski definition) is 2. The average molecular weight is 245 g/mol. The summed E-state index contributed by atoms with van der Waals surface area (Å²) < 4.78 is 0. The molecule has 18 heavy (non-hydrogen) atoms. The largest absolute Gasteiger partial charge is 0.392 e. The third-order valence-electron chi connectivity index (χ3n) is 5.02. The summed E-state index contributed by atoms with van der Waals surface area (Å²) in [6, 6.07) is 4.20. The summed E-state index contributed by atoms with van der Waals surface area (Å²) in [7, 11) is 0. The summed E-state index contributed by atoms with van der Waals surface area (Å²) in [4.78, 5) is 4.56. The molecule has 2 nitrogen and oxygen atoms in total. The van der Waals surface area contributed by atoms with Crippen LogP contribution in [0.25, 0.3) is 0 Å². The Balaban J connectivity index is 1.84. The van der Waals surface area contributed by atoms with Gasteiger partial charge in [0.05, 0.1) is 6.10 Å². The highest BCUT2D eigenvalue weighted by molar-refractivity contribution is 5.27. The second kappa shape index (κ2) is 5.00. The second-order valence-electron chi connectivity index (χ2n) is 6.11. The molecule has 0 saturated heterocycles. The van der Waals surface area contributed by atoms with Gasteiger partial charge in [0.25, 0.3) is 0 Å². The molecule has 2 aliphatic carbocycles. The summed E-state index contributed by atoms with van der Waals surface area (Å²) in [5.74, 6) is 1.44. The quantitative estimate of drug-likeness (QED) is 0.867. The monoisotopic (exact) mass is 245 g/mol. The Morgan fingerprint density at radius 3 is 2.94 bits per heavy atom. The van der Waals surface area contributed by atoms with E-state index < -0.39 is 0 Å². The molecule has 1 aromatic rings. The number of aryl methyl sites for hydroxylation is 1. The molecule has 0 bridgehead atoms. The van der Waals surface area contributed by atoms with Crippen LogP contribution in [-0.2, 0) is 6.42 Å². The van der Waals surface area contributed by atoms with Crippen molar-refractivity contribution in [3.05, 3.63) is 29.6 Å². The van der Waals surface area contributed by atoms with Gasteiger partial charge in [0, 0.05) is 17.8 Å². The Kier molecular flexibility index (Phi) is 3.38. The van der Waals surface area contributed by atoms with Crippen molar-refractivity contribution in [2.75, 3.05) is 0 Å². The number of hydrogen-bond donors (Lipinski definition) is 1. The minimum absolute atomic E-state index is 0.184. The maximum atomic E-state index is 10.8. The van der Waals surface area contributed by atoms with E-state index in [1.807, 2.05) is 12.3 Å². The Morgan fingerprint density at radius 1 is 1.28 bits per heavy atom. The van der Waals surface area contributed by atoms with Crippen molar-refractivity contribution < 1.29 is 5.11 Å². The lowest BCUT2D eigenvalue weighted by Gasteiger charge is -2.33. The molecule has 1 heterocycles. The number of aliphatic hydroxyl groups excluding tert-OH is 1. The van der Waals surface area contributed by atoms with Crippen LogP contribution in [0.1, 0.15) is 56.2 Å². The van der Waals surface area contributed by atoms with Crippen LogP contribution in [0.15, 0.2) is 18.3 Å². The van der Waals surface area contributed by atoms with Crippen LogP contribution in [0, 0.1) is 11.8 Å². The lowest BCUT2D eigenvalue weighted by atomic mass is 9.76. The van der Waals surface area contributed by atoms with Crippen LogP contribution in [0.2, 0.25) is 0 Å². The van der Waals surface area contributed by atoms with E-state index >= 15 is 0 Å². The van der Waals surface area contributed by atoms with Gasteiger partial charge in [-0.25, -0.2) is 0 Å². The fraction of sp³-hybridized carbons (Fsp3) is 0.688. The Bertz CT molecular complexity index is 417. The zero-order chi connectivity index (χ0) is 12.5. The molecule has 0 amide bonds. The summed E-state index contributed by atoms with van der Waals surface area (Å²) in [5, 5.41) is 10.8. The Hall–Kier alpha value is -0.890. The van der Waals surface area contributed by atoms with Gasteiger partial charge in [0.1, 0.15) is 0 Å². The third kappa shape index (κ3) is 2.07. The molecule has 0 aromatic carbocycles. The molecule has 2 aliphatic rings. The van der Waals surface area contributed by atoms with Gasteiger partial charge in [-0.1, -0.05) is 25.8 Å². The van der Waals surface area contributed by atoms with E-state index in [4.69, 9.17) is 0 Å². The molecule has 1 N–H and O–H groups in total. The van der Waals surface area contributed by atoms with Crippen LogP contribution >= 0.6 is 0 Å². The molecule has 3 rings (SSSR count). The number of nitrogens with zero attached hydrogens (tertiary/aromatic N) is 1. The summed E-state index contributed by atoms with van der Waals surface area (Å²) in [6.45, 7) is 2.29. The van der Waals surface area contributed by atoms with Gasteiger partial charge in [0.2, 0.25) is 0 Å². The second-order valence-corrected chi connectivity index (χ2v) is 6.11. The van der Waals surface area contributed by atoms with Crippen LogP contribution < -0.4 is 0 Å².